The third-order valence-corrected chi connectivity index (χ3v) is 3.22. The predicted molar refractivity (Wildman–Crippen MR) is 85.4 cm³/mol. The van der Waals surface area contributed by atoms with Crippen LogP contribution < -0.4 is 14.2 Å². The number of hydrogen-bond donors (Lipinski definition) is 0. The van der Waals surface area contributed by atoms with Gasteiger partial charge in [-0.25, -0.2) is 0 Å². The summed E-state index contributed by atoms with van der Waals surface area (Å²) in [6.07, 6.45) is 1.68. The first-order valence-corrected chi connectivity index (χ1v) is 7.28. The summed E-state index contributed by atoms with van der Waals surface area (Å²) in [5.41, 5.74) is 1.65. The van der Waals surface area contributed by atoms with Crippen molar-refractivity contribution in [2.75, 3.05) is 13.7 Å². The zero-order valence-corrected chi connectivity index (χ0v) is 13.1. The Kier molecular flexibility index (Phi) is 5.42. The van der Waals surface area contributed by atoms with Gasteiger partial charge in [0.15, 0.2) is 11.5 Å². The molecule has 2 rings (SSSR count). The van der Waals surface area contributed by atoms with E-state index in [0.717, 1.165) is 12.7 Å². The summed E-state index contributed by atoms with van der Waals surface area (Å²) in [6, 6.07) is 11.1. The maximum atomic E-state index is 11.1. The summed E-state index contributed by atoms with van der Waals surface area (Å²) >= 11 is 0. The summed E-state index contributed by atoms with van der Waals surface area (Å²) in [5.74, 6) is 2.15. The number of aryl methyl sites for hydroxylation is 1. The molecule has 0 aliphatic heterocycles. The Bertz CT molecular complexity index is 650. The van der Waals surface area contributed by atoms with Crippen molar-refractivity contribution in [1.82, 2.24) is 0 Å². The van der Waals surface area contributed by atoms with Crippen LogP contribution in [-0.2, 0) is 6.42 Å². The van der Waals surface area contributed by atoms with Gasteiger partial charge in [0, 0.05) is 5.56 Å². The van der Waals surface area contributed by atoms with Gasteiger partial charge in [0.2, 0.25) is 5.75 Å². The third-order valence-electron chi connectivity index (χ3n) is 3.22. The summed E-state index contributed by atoms with van der Waals surface area (Å²) in [7, 11) is 1.54. The second-order valence-electron chi connectivity index (χ2n) is 4.70. The van der Waals surface area contributed by atoms with E-state index < -0.39 is 0 Å². The van der Waals surface area contributed by atoms with Crippen LogP contribution in [0.2, 0.25) is 0 Å². The molecule has 0 saturated heterocycles. The van der Waals surface area contributed by atoms with Crippen LogP contribution in [0.5, 0.6) is 23.0 Å². The maximum Gasteiger partial charge on any atom is 0.204 e. The molecule has 2 aromatic rings. The fourth-order valence-corrected chi connectivity index (χ4v) is 2.13. The van der Waals surface area contributed by atoms with Crippen LogP contribution in [0.4, 0.5) is 0 Å². The summed E-state index contributed by atoms with van der Waals surface area (Å²) in [6.45, 7) is 4.44. The van der Waals surface area contributed by atoms with Gasteiger partial charge in [0.05, 0.1) is 13.7 Å². The predicted octanol–water partition coefficient (Wildman–Crippen LogP) is 4.26. The zero-order chi connectivity index (χ0) is 15.9. The maximum absolute atomic E-state index is 11.1. The van der Waals surface area contributed by atoms with E-state index in [9.17, 15) is 4.79 Å². The van der Waals surface area contributed by atoms with E-state index in [0.29, 0.717) is 35.2 Å². The SMILES string of the molecule is CCOc1c(OC)cc(C=O)cc1Oc1cccc(CC)c1. The van der Waals surface area contributed by atoms with E-state index in [1.807, 2.05) is 31.2 Å². The molecular formula is C18H20O4. The fourth-order valence-electron chi connectivity index (χ4n) is 2.13. The second-order valence-corrected chi connectivity index (χ2v) is 4.70. The van der Waals surface area contributed by atoms with Gasteiger partial charge >= 0.3 is 0 Å². The van der Waals surface area contributed by atoms with Crippen LogP contribution in [0, 0.1) is 0 Å². The lowest BCUT2D eigenvalue weighted by Gasteiger charge is -2.15. The number of aldehydes is 1. The van der Waals surface area contributed by atoms with Gasteiger partial charge in [-0.05, 0) is 43.2 Å². The van der Waals surface area contributed by atoms with Crippen molar-refractivity contribution in [2.45, 2.75) is 20.3 Å². The van der Waals surface area contributed by atoms with Crippen molar-refractivity contribution >= 4 is 6.29 Å². The molecule has 4 heteroatoms. The molecule has 0 radical (unpaired) electrons. The van der Waals surface area contributed by atoms with Crippen molar-refractivity contribution in [3.05, 3.63) is 47.5 Å². The van der Waals surface area contributed by atoms with Gasteiger partial charge in [-0.2, -0.15) is 0 Å². The van der Waals surface area contributed by atoms with Gasteiger partial charge in [-0.3, -0.25) is 4.79 Å². The fraction of sp³-hybridized carbons (Fsp3) is 0.278. The van der Waals surface area contributed by atoms with Crippen molar-refractivity contribution in [3.63, 3.8) is 0 Å². The zero-order valence-electron chi connectivity index (χ0n) is 13.1. The van der Waals surface area contributed by atoms with Crippen LogP contribution >= 0.6 is 0 Å². The average Bonchev–Trinajstić information content (AvgIpc) is 2.56. The average molecular weight is 300 g/mol. The highest BCUT2D eigenvalue weighted by atomic mass is 16.5. The molecule has 22 heavy (non-hydrogen) atoms. The van der Waals surface area contributed by atoms with Gasteiger partial charge in [-0.1, -0.05) is 19.1 Å². The van der Waals surface area contributed by atoms with Crippen molar-refractivity contribution in [1.29, 1.82) is 0 Å². The molecule has 116 valence electrons. The molecule has 0 atom stereocenters. The van der Waals surface area contributed by atoms with Gasteiger partial charge in [0.1, 0.15) is 12.0 Å². The highest BCUT2D eigenvalue weighted by Crippen LogP contribution is 2.40. The Labute approximate surface area is 130 Å². The van der Waals surface area contributed by atoms with Crippen LogP contribution in [-0.4, -0.2) is 20.0 Å². The summed E-state index contributed by atoms with van der Waals surface area (Å²) in [4.78, 5) is 11.1. The van der Waals surface area contributed by atoms with Crippen LogP contribution in [0.3, 0.4) is 0 Å². The largest absolute Gasteiger partial charge is 0.493 e. The lowest BCUT2D eigenvalue weighted by atomic mass is 10.1. The minimum Gasteiger partial charge on any atom is -0.493 e. The number of methoxy groups -OCH3 is 1. The number of rotatable bonds is 7. The van der Waals surface area contributed by atoms with Crippen LogP contribution in [0.15, 0.2) is 36.4 Å². The molecule has 0 fully saturated rings. The van der Waals surface area contributed by atoms with E-state index in [1.165, 1.54) is 12.7 Å². The van der Waals surface area contributed by atoms with Crippen molar-refractivity contribution in [3.8, 4) is 23.0 Å². The molecule has 0 heterocycles. The van der Waals surface area contributed by atoms with E-state index >= 15 is 0 Å². The molecule has 0 spiro atoms. The monoisotopic (exact) mass is 300 g/mol. The quantitative estimate of drug-likeness (QED) is 0.717. The molecule has 0 saturated carbocycles. The number of ether oxygens (including phenoxy) is 3. The van der Waals surface area contributed by atoms with E-state index in [2.05, 4.69) is 6.92 Å². The Morgan fingerprint density at radius 1 is 1.09 bits per heavy atom. The lowest BCUT2D eigenvalue weighted by Crippen LogP contribution is -2.00. The highest BCUT2D eigenvalue weighted by Gasteiger charge is 2.15. The molecule has 0 bridgehead atoms. The normalized spacial score (nSPS) is 10.1. The lowest BCUT2D eigenvalue weighted by molar-refractivity contribution is 0.112. The standard InChI is InChI=1S/C18H20O4/c1-4-13-7-6-8-15(9-13)22-17-11-14(12-19)10-16(20-3)18(17)21-5-2/h6-12H,4-5H2,1-3H3. The van der Waals surface area contributed by atoms with E-state index in [4.69, 9.17) is 14.2 Å². The molecule has 4 nitrogen and oxygen atoms in total. The van der Waals surface area contributed by atoms with Crippen LogP contribution in [0.25, 0.3) is 0 Å². The molecule has 0 N–H and O–H groups in total. The first-order chi connectivity index (χ1) is 10.7. The number of benzene rings is 2. The topological polar surface area (TPSA) is 44.8 Å². The Morgan fingerprint density at radius 3 is 2.50 bits per heavy atom. The molecule has 0 unspecified atom stereocenters. The van der Waals surface area contributed by atoms with Gasteiger partial charge < -0.3 is 14.2 Å². The Balaban J connectivity index is 2.44. The van der Waals surface area contributed by atoms with Crippen molar-refractivity contribution < 1.29 is 19.0 Å². The van der Waals surface area contributed by atoms with Crippen molar-refractivity contribution in [2.24, 2.45) is 0 Å². The Morgan fingerprint density at radius 2 is 1.86 bits per heavy atom. The second kappa shape index (κ2) is 7.50. The first-order valence-electron chi connectivity index (χ1n) is 7.28. The summed E-state index contributed by atoms with van der Waals surface area (Å²) < 4.78 is 16.8. The number of hydrogen-bond acceptors (Lipinski definition) is 4. The van der Waals surface area contributed by atoms with E-state index in [-0.39, 0.29) is 0 Å². The molecule has 0 aromatic heterocycles. The minimum absolute atomic E-state index is 0.469. The molecule has 0 amide bonds. The molecule has 0 aliphatic rings. The molecular weight excluding hydrogens is 280 g/mol. The smallest absolute Gasteiger partial charge is 0.204 e. The number of carbonyl (C=O) groups is 1. The van der Waals surface area contributed by atoms with Gasteiger partial charge in [0.25, 0.3) is 0 Å². The van der Waals surface area contributed by atoms with E-state index in [1.54, 1.807) is 12.1 Å². The van der Waals surface area contributed by atoms with Gasteiger partial charge in [-0.15, -0.1) is 0 Å². The Hall–Kier alpha value is -2.49. The third kappa shape index (κ3) is 3.58. The van der Waals surface area contributed by atoms with Crippen LogP contribution in [0.1, 0.15) is 29.8 Å². The summed E-state index contributed by atoms with van der Waals surface area (Å²) in [5, 5.41) is 0. The number of carbonyl (C=O) groups excluding carboxylic acids is 1. The first kappa shape index (κ1) is 15.9. The minimum atomic E-state index is 0.469. The molecule has 2 aromatic carbocycles. The highest BCUT2D eigenvalue weighted by molar-refractivity contribution is 5.78. The molecule has 0 aliphatic carbocycles.